The molecule has 1 unspecified atom stereocenters. The molecule has 264 valence electrons. The van der Waals surface area contributed by atoms with E-state index in [2.05, 4.69) is 57.1 Å². The first kappa shape index (κ1) is 35.2. The first-order valence-electron chi connectivity index (χ1n) is 18.1. The molecule has 0 radical (unpaired) electrons. The standard InChI is InChI=1S/C37H59N3O6S/c1-21-39-40-31(47-21)38-28(42)10-11-29(43)45-26-14-16-34(6)24(32(26,2)3)13-18-35(7)25(34)20-23(41)30-22(12-17-36(30,35)8)37(9)19-15-27(46-37)33(4,5)44/h22-27,30,41,44H,10-20H2,1-9H3,(H,38,40,42)/t22?,23-,24+,25-,26+,27+,30+,34+,35-,36-,37+/m1/s1. The third-order valence-electron chi connectivity index (χ3n) is 14.8. The molecule has 5 fully saturated rings. The van der Waals surface area contributed by atoms with Crippen LogP contribution in [0.5, 0.6) is 0 Å². The number of carbonyl (C=O) groups is 2. The maximum Gasteiger partial charge on any atom is 0.306 e. The van der Waals surface area contributed by atoms with Gasteiger partial charge in [0, 0.05) is 11.8 Å². The molecule has 11 atom stereocenters. The Labute approximate surface area is 285 Å². The molecule has 0 spiro atoms. The molecule has 47 heavy (non-hydrogen) atoms. The Morgan fingerprint density at radius 2 is 1.66 bits per heavy atom. The zero-order valence-electron chi connectivity index (χ0n) is 30.1. The molecule has 1 aliphatic heterocycles. The zero-order chi connectivity index (χ0) is 34.4. The summed E-state index contributed by atoms with van der Waals surface area (Å²) < 4.78 is 12.9. The number of esters is 1. The SMILES string of the molecule is Cc1nnc(NC(=O)CCC(=O)O[C@H]2CC[C@]3(C)[C@H]4C[C@@H](O)[C@@H]5C([C@]6(C)CC[C@@H](C(C)(C)O)O6)CC[C@@]5(C)[C@]4(C)CC[C@H]3C2(C)C)s1. The molecule has 1 saturated heterocycles. The number of aliphatic hydroxyl groups excluding tert-OH is 1. The predicted molar refractivity (Wildman–Crippen MR) is 182 cm³/mol. The van der Waals surface area contributed by atoms with Crippen molar-refractivity contribution in [3.05, 3.63) is 5.01 Å². The van der Waals surface area contributed by atoms with Crippen LogP contribution in [0.3, 0.4) is 0 Å². The molecule has 1 amide bonds. The van der Waals surface area contributed by atoms with E-state index < -0.39 is 11.7 Å². The van der Waals surface area contributed by atoms with Crippen molar-refractivity contribution in [3.8, 4) is 0 Å². The van der Waals surface area contributed by atoms with Crippen LogP contribution in [0, 0.1) is 52.3 Å². The van der Waals surface area contributed by atoms with Gasteiger partial charge in [-0.3, -0.25) is 9.59 Å². The minimum atomic E-state index is -0.872. The Bertz CT molecular complexity index is 1380. The average Bonchev–Trinajstić information content (AvgIpc) is 3.68. The number of nitrogens with one attached hydrogen (secondary N) is 1. The third-order valence-corrected chi connectivity index (χ3v) is 15.6. The summed E-state index contributed by atoms with van der Waals surface area (Å²) in [6.07, 6.45) is 7.96. The van der Waals surface area contributed by atoms with E-state index in [1.165, 1.54) is 11.3 Å². The molecular weight excluding hydrogens is 614 g/mol. The lowest BCUT2D eigenvalue weighted by atomic mass is 9.35. The predicted octanol–water partition coefficient (Wildman–Crippen LogP) is 6.84. The van der Waals surface area contributed by atoms with Crippen molar-refractivity contribution in [1.82, 2.24) is 10.2 Å². The third kappa shape index (κ3) is 5.69. The second-order valence-electron chi connectivity index (χ2n) is 18.1. The molecule has 0 aromatic carbocycles. The van der Waals surface area contributed by atoms with Crippen molar-refractivity contribution in [3.63, 3.8) is 0 Å². The van der Waals surface area contributed by atoms with Crippen molar-refractivity contribution in [2.24, 2.45) is 45.3 Å². The van der Waals surface area contributed by atoms with Gasteiger partial charge in [0.15, 0.2) is 0 Å². The Hall–Kier alpha value is -1.62. The first-order valence-corrected chi connectivity index (χ1v) is 18.9. The van der Waals surface area contributed by atoms with Crippen LogP contribution in [0.25, 0.3) is 0 Å². The Balaban J connectivity index is 1.15. The first-order chi connectivity index (χ1) is 21.7. The fraction of sp³-hybridized carbons (Fsp3) is 0.892. The lowest BCUT2D eigenvalue weighted by molar-refractivity contribution is -0.251. The molecule has 1 aromatic rings. The highest BCUT2D eigenvalue weighted by Crippen LogP contribution is 2.76. The van der Waals surface area contributed by atoms with E-state index in [0.29, 0.717) is 17.0 Å². The van der Waals surface area contributed by atoms with E-state index in [9.17, 15) is 19.8 Å². The number of anilines is 1. The summed E-state index contributed by atoms with van der Waals surface area (Å²) >= 11 is 1.31. The molecule has 0 bridgehead atoms. The van der Waals surface area contributed by atoms with Gasteiger partial charge in [-0.2, -0.15) is 0 Å². The number of carbonyl (C=O) groups excluding carboxylic acids is 2. The number of rotatable bonds is 7. The molecule has 4 aliphatic carbocycles. The van der Waals surface area contributed by atoms with Crippen molar-refractivity contribution in [2.45, 2.75) is 162 Å². The molecule has 4 saturated carbocycles. The van der Waals surface area contributed by atoms with Gasteiger partial charge in [0.1, 0.15) is 11.1 Å². The molecule has 5 aliphatic rings. The van der Waals surface area contributed by atoms with Crippen LogP contribution < -0.4 is 5.32 Å². The molecular formula is C37H59N3O6S. The monoisotopic (exact) mass is 673 g/mol. The Kier molecular flexibility index (Phi) is 8.79. The number of nitrogens with zero attached hydrogens (tertiary/aromatic N) is 2. The van der Waals surface area contributed by atoms with Crippen molar-refractivity contribution in [1.29, 1.82) is 0 Å². The topological polar surface area (TPSA) is 131 Å². The molecule has 6 rings (SSSR count). The summed E-state index contributed by atoms with van der Waals surface area (Å²) in [7, 11) is 0. The number of hydrogen-bond acceptors (Lipinski definition) is 9. The van der Waals surface area contributed by atoms with Gasteiger partial charge in [0.05, 0.1) is 29.8 Å². The summed E-state index contributed by atoms with van der Waals surface area (Å²) in [5.41, 5.74) is -1.34. The van der Waals surface area contributed by atoms with Crippen LogP contribution in [-0.4, -0.2) is 61.8 Å². The van der Waals surface area contributed by atoms with Gasteiger partial charge in [-0.1, -0.05) is 46.0 Å². The minimum Gasteiger partial charge on any atom is -0.462 e. The second-order valence-corrected chi connectivity index (χ2v) is 19.3. The molecule has 9 nitrogen and oxygen atoms in total. The average molecular weight is 674 g/mol. The number of ether oxygens (including phenoxy) is 2. The van der Waals surface area contributed by atoms with E-state index in [1.54, 1.807) is 0 Å². The summed E-state index contributed by atoms with van der Waals surface area (Å²) in [5, 5.41) is 34.7. The van der Waals surface area contributed by atoms with Crippen LogP contribution >= 0.6 is 11.3 Å². The lowest BCUT2D eigenvalue weighted by Crippen LogP contribution is -2.66. The minimum absolute atomic E-state index is 0.00537. The van der Waals surface area contributed by atoms with Crippen LogP contribution in [0.4, 0.5) is 5.13 Å². The van der Waals surface area contributed by atoms with E-state index in [0.717, 1.165) is 62.8 Å². The summed E-state index contributed by atoms with van der Waals surface area (Å²) in [6.45, 7) is 19.8. The number of aliphatic hydroxyl groups is 2. The zero-order valence-corrected chi connectivity index (χ0v) is 31.0. The van der Waals surface area contributed by atoms with Gasteiger partial charge in [0.25, 0.3) is 0 Å². The van der Waals surface area contributed by atoms with Gasteiger partial charge in [-0.25, -0.2) is 0 Å². The summed E-state index contributed by atoms with van der Waals surface area (Å²) in [6, 6.07) is 0. The summed E-state index contributed by atoms with van der Waals surface area (Å²) in [4.78, 5) is 25.5. The Morgan fingerprint density at radius 1 is 0.957 bits per heavy atom. The van der Waals surface area contributed by atoms with Crippen molar-refractivity contribution >= 4 is 28.3 Å². The van der Waals surface area contributed by atoms with Crippen LogP contribution in [0.1, 0.15) is 131 Å². The van der Waals surface area contributed by atoms with Gasteiger partial charge < -0.3 is 25.0 Å². The van der Waals surface area contributed by atoms with E-state index in [4.69, 9.17) is 9.47 Å². The number of fused-ring (bicyclic) bond motifs is 5. The lowest BCUT2D eigenvalue weighted by Gasteiger charge is -2.70. The highest BCUT2D eigenvalue weighted by Gasteiger charge is 2.72. The smallest absolute Gasteiger partial charge is 0.306 e. The number of aryl methyl sites for hydroxylation is 1. The van der Waals surface area contributed by atoms with Crippen LogP contribution in [0.2, 0.25) is 0 Å². The molecule has 2 heterocycles. The second kappa shape index (κ2) is 11.7. The number of hydrogen-bond donors (Lipinski definition) is 3. The van der Waals surface area contributed by atoms with Gasteiger partial charge in [0.2, 0.25) is 11.0 Å². The Morgan fingerprint density at radius 3 is 2.30 bits per heavy atom. The van der Waals surface area contributed by atoms with Crippen molar-refractivity contribution in [2.75, 3.05) is 5.32 Å². The van der Waals surface area contributed by atoms with Crippen molar-refractivity contribution < 1.29 is 29.3 Å². The maximum atomic E-state index is 13.0. The van der Waals surface area contributed by atoms with E-state index in [1.807, 2.05) is 20.8 Å². The van der Waals surface area contributed by atoms with Crippen LogP contribution in [0.15, 0.2) is 0 Å². The highest BCUT2D eigenvalue weighted by molar-refractivity contribution is 7.15. The number of amides is 1. The van der Waals surface area contributed by atoms with Gasteiger partial charge in [-0.15, -0.1) is 10.2 Å². The normalized spacial score (nSPS) is 44.3. The highest BCUT2D eigenvalue weighted by atomic mass is 32.1. The molecule has 10 heteroatoms. The largest absolute Gasteiger partial charge is 0.462 e. The van der Waals surface area contributed by atoms with Gasteiger partial charge in [-0.05, 0) is 125 Å². The molecule has 1 aromatic heterocycles. The summed E-state index contributed by atoms with van der Waals surface area (Å²) in [5.74, 6) is 0.584. The maximum absolute atomic E-state index is 13.0. The fourth-order valence-electron chi connectivity index (χ4n) is 12.2. The fourth-order valence-corrected chi connectivity index (χ4v) is 12.8. The van der Waals surface area contributed by atoms with Gasteiger partial charge >= 0.3 is 5.97 Å². The van der Waals surface area contributed by atoms with E-state index >= 15 is 0 Å². The molecule has 3 N–H and O–H groups in total. The van der Waals surface area contributed by atoms with Crippen LogP contribution in [-0.2, 0) is 19.1 Å². The number of aromatic nitrogens is 2. The quantitative estimate of drug-likeness (QED) is 0.268. The van der Waals surface area contributed by atoms with E-state index in [-0.39, 0.29) is 76.0 Å².